The van der Waals surface area contributed by atoms with Gasteiger partial charge >= 0.3 is 0 Å². The molecule has 0 aliphatic carbocycles. The standard InChI is InChI=1S/C12H17BrN2O/c1-8(14-3)6-10-4-5-11(13)7-12(10)15-9(2)16/h4-5,7-8,14H,6H2,1-3H3,(H,15,16). The van der Waals surface area contributed by atoms with Gasteiger partial charge in [0.25, 0.3) is 0 Å². The van der Waals surface area contributed by atoms with Crippen LogP contribution in [0.5, 0.6) is 0 Å². The van der Waals surface area contributed by atoms with Crippen molar-refractivity contribution in [3.63, 3.8) is 0 Å². The van der Waals surface area contributed by atoms with E-state index in [4.69, 9.17) is 0 Å². The quantitative estimate of drug-likeness (QED) is 0.892. The number of halogens is 1. The third-order valence-corrected chi connectivity index (χ3v) is 2.89. The number of anilines is 1. The summed E-state index contributed by atoms with van der Waals surface area (Å²) in [7, 11) is 1.93. The van der Waals surface area contributed by atoms with Gasteiger partial charge in [-0.25, -0.2) is 0 Å². The summed E-state index contributed by atoms with van der Waals surface area (Å²) in [5, 5.41) is 6.03. The van der Waals surface area contributed by atoms with Gasteiger partial charge in [0.1, 0.15) is 0 Å². The van der Waals surface area contributed by atoms with Crippen LogP contribution in [0.2, 0.25) is 0 Å². The number of carbonyl (C=O) groups excluding carboxylic acids is 1. The summed E-state index contributed by atoms with van der Waals surface area (Å²) in [5.41, 5.74) is 2.02. The normalized spacial score (nSPS) is 12.2. The molecule has 0 aromatic heterocycles. The highest BCUT2D eigenvalue weighted by Gasteiger charge is 2.08. The summed E-state index contributed by atoms with van der Waals surface area (Å²) in [6, 6.07) is 6.33. The molecule has 0 aliphatic rings. The van der Waals surface area contributed by atoms with Gasteiger partial charge in [-0.15, -0.1) is 0 Å². The number of likely N-dealkylation sites (N-methyl/N-ethyl adjacent to an activating group) is 1. The molecule has 1 unspecified atom stereocenters. The number of hydrogen-bond donors (Lipinski definition) is 2. The van der Waals surface area contributed by atoms with Crippen molar-refractivity contribution in [1.29, 1.82) is 0 Å². The SMILES string of the molecule is CNC(C)Cc1ccc(Br)cc1NC(C)=O. The van der Waals surface area contributed by atoms with Gasteiger partial charge in [0.05, 0.1) is 0 Å². The first-order chi connectivity index (χ1) is 7.52. The number of nitrogens with one attached hydrogen (secondary N) is 2. The van der Waals surface area contributed by atoms with Crippen molar-refractivity contribution in [3.05, 3.63) is 28.2 Å². The molecule has 4 heteroatoms. The topological polar surface area (TPSA) is 41.1 Å². The summed E-state index contributed by atoms with van der Waals surface area (Å²) < 4.78 is 0.970. The highest BCUT2D eigenvalue weighted by molar-refractivity contribution is 9.10. The van der Waals surface area contributed by atoms with E-state index in [-0.39, 0.29) is 5.91 Å². The van der Waals surface area contributed by atoms with Crippen molar-refractivity contribution in [1.82, 2.24) is 5.32 Å². The zero-order valence-corrected chi connectivity index (χ0v) is 11.4. The van der Waals surface area contributed by atoms with Crippen molar-refractivity contribution in [2.45, 2.75) is 26.3 Å². The largest absolute Gasteiger partial charge is 0.326 e. The van der Waals surface area contributed by atoms with Gasteiger partial charge in [0, 0.05) is 23.1 Å². The summed E-state index contributed by atoms with van der Waals surface area (Å²) >= 11 is 3.40. The Labute approximate surface area is 105 Å². The molecule has 1 atom stereocenters. The minimum absolute atomic E-state index is 0.0449. The molecule has 0 saturated heterocycles. The Morgan fingerprint density at radius 2 is 2.19 bits per heavy atom. The maximum absolute atomic E-state index is 11.1. The van der Waals surface area contributed by atoms with E-state index >= 15 is 0 Å². The van der Waals surface area contributed by atoms with Crippen LogP contribution in [0.4, 0.5) is 5.69 Å². The molecular weight excluding hydrogens is 268 g/mol. The number of amides is 1. The summed E-state index contributed by atoms with van der Waals surface area (Å²) in [6.45, 7) is 3.63. The predicted octanol–water partition coefficient (Wildman–Crippen LogP) is 2.56. The van der Waals surface area contributed by atoms with Crippen LogP contribution in [-0.2, 0) is 11.2 Å². The van der Waals surface area contributed by atoms with E-state index in [1.807, 2.05) is 25.2 Å². The molecule has 0 bridgehead atoms. The minimum atomic E-state index is -0.0449. The second-order valence-corrected chi connectivity index (χ2v) is 4.79. The molecule has 0 spiro atoms. The third-order valence-electron chi connectivity index (χ3n) is 2.40. The number of rotatable bonds is 4. The molecule has 16 heavy (non-hydrogen) atoms. The van der Waals surface area contributed by atoms with Crippen LogP contribution >= 0.6 is 15.9 Å². The molecule has 0 fully saturated rings. The van der Waals surface area contributed by atoms with Gasteiger partial charge in [0.2, 0.25) is 5.91 Å². The molecule has 88 valence electrons. The molecule has 1 aromatic rings. The third kappa shape index (κ3) is 3.94. The number of carbonyl (C=O) groups is 1. The van der Waals surface area contributed by atoms with E-state index in [1.165, 1.54) is 6.92 Å². The first-order valence-corrected chi connectivity index (χ1v) is 6.05. The smallest absolute Gasteiger partial charge is 0.221 e. The fraction of sp³-hybridized carbons (Fsp3) is 0.417. The molecule has 0 aliphatic heterocycles. The molecule has 1 rings (SSSR count). The fourth-order valence-electron chi connectivity index (χ4n) is 1.46. The summed E-state index contributed by atoms with van der Waals surface area (Å²) in [5.74, 6) is -0.0449. The van der Waals surface area contributed by atoms with Crippen LogP contribution in [0.15, 0.2) is 22.7 Å². The zero-order valence-electron chi connectivity index (χ0n) is 9.80. The van der Waals surface area contributed by atoms with Crippen LogP contribution in [0, 0.1) is 0 Å². The molecule has 0 saturated carbocycles. The lowest BCUT2D eigenvalue weighted by atomic mass is 10.1. The van der Waals surface area contributed by atoms with Gasteiger partial charge in [-0.3, -0.25) is 4.79 Å². The Morgan fingerprint density at radius 3 is 2.75 bits per heavy atom. The van der Waals surface area contributed by atoms with E-state index in [2.05, 4.69) is 33.5 Å². The van der Waals surface area contributed by atoms with E-state index in [0.717, 1.165) is 22.1 Å². The maximum Gasteiger partial charge on any atom is 0.221 e. The Balaban J connectivity index is 2.93. The molecule has 2 N–H and O–H groups in total. The molecule has 1 aromatic carbocycles. The molecular formula is C12H17BrN2O. The average Bonchev–Trinajstić information content (AvgIpc) is 2.21. The van der Waals surface area contributed by atoms with Crippen molar-refractivity contribution < 1.29 is 4.79 Å². The highest BCUT2D eigenvalue weighted by atomic mass is 79.9. The lowest BCUT2D eigenvalue weighted by Crippen LogP contribution is -2.24. The first-order valence-electron chi connectivity index (χ1n) is 5.26. The second kappa shape index (κ2) is 6.01. The monoisotopic (exact) mass is 284 g/mol. The van der Waals surface area contributed by atoms with Crippen LogP contribution in [0.25, 0.3) is 0 Å². The van der Waals surface area contributed by atoms with Gasteiger partial charge in [-0.1, -0.05) is 22.0 Å². The maximum atomic E-state index is 11.1. The number of hydrogen-bond acceptors (Lipinski definition) is 2. The van der Waals surface area contributed by atoms with Crippen LogP contribution < -0.4 is 10.6 Å². The van der Waals surface area contributed by atoms with Crippen LogP contribution in [0.3, 0.4) is 0 Å². The van der Waals surface area contributed by atoms with Gasteiger partial charge in [-0.2, -0.15) is 0 Å². The Hall–Kier alpha value is -0.870. The van der Waals surface area contributed by atoms with Gasteiger partial charge in [-0.05, 0) is 38.1 Å². The predicted molar refractivity (Wildman–Crippen MR) is 70.7 cm³/mol. The van der Waals surface area contributed by atoms with Crippen molar-refractivity contribution in [2.75, 3.05) is 12.4 Å². The van der Waals surface area contributed by atoms with Crippen molar-refractivity contribution in [3.8, 4) is 0 Å². The van der Waals surface area contributed by atoms with Crippen LogP contribution in [0.1, 0.15) is 19.4 Å². The van der Waals surface area contributed by atoms with Crippen LogP contribution in [-0.4, -0.2) is 19.0 Å². The molecule has 1 amide bonds. The summed E-state index contributed by atoms with van der Waals surface area (Å²) in [4.78, 5) is 11.1. The minimum Gasteiger partial charge on any atom is -0.326 e. The molecule has 0 heterocycles. The fourth-order valence-corrected chi connectivity index (χ4v) is 1.83. The Morgan fingerprint density at radius 1 is 1.50 bits per heavy atom. The second-order valence-electron chi connectivity index (χ2n) is 3.88. The summed E-state index contributed by atoms with van der Waals surface area (Å²) in [6.07, 6.45) is 0.888. The van der Waals surface area contributed by atoms with E-state index in [9.17, 15) is 4.79 Å². The van der Waals surface area contributed by atoms with Crippen molar-refractivity contribution >= 4 is 27.5 Å². The number of benzene rings is 1. The molecule has 3 nitrogen and oxygen atoms in total. The Bertz CT molecular complexity index is 379. The average molecular weight is 285 g/mol. The van der Waals surface area contributed by atoms with E-state index in [0.29, 0.717) is 6.04 Å². The van der Waals surface area contributed by atoms with E-state index < -0.39 is 0 Å². The van der Waals surface area contributed by atoms with Crippen molar-refractivity contribution in [2.24, 2.45) is 0 Å². The van der Waals surface area contributed by atoms with Gasteiger partial charge < -0.3 is 10.6 Å². The first kappa shape index (κ1) is 13.2. The van der Waals surface area contributed by atoms with Gasteiger partial charge in [0.15, 0.2) is 0 Å². The lowest BCUT2D eigenvalue weighted by Gasteiger charge is -2.14. The lowest BCUT2D eigenvalue weighted by molar-refractivity contribution is -0.114. The Kier molecular flexibility index (Phi) is 4.96. The van der Waals surface area contributed by atoms with E-state index in [1.54, 1.807) is 0 Å². The highest BCUT2D eigenvalue weighted by Crippen LogP contribution is 2.22. The zero-order chi connectivity index (χ0) is 12.1. The molecule has 0 radical (unpaired) electrons.